The molecule has 3 N–H and O–H groups in total. The van der Waals surface area contributed by atoms with Gasteiger partial charge in [0.15, 0.2) is 0 Å². The van der Waals surface area contributed by atoms with Crippen LogP contribution in [-0.4, -0.2) is 28.6 Å². The minimum Gasteiger partial charge on any atom is -0.481 e. The smallest absolute Gasteiger partial charge is 0.319 e. The van der Waals surface area contributed by atoms with Gasteiger partial charge in [-0.25, -0.2) is 9.18 Å². The van der Waals surface area contributed by atoms with Gasteiger partial charge in [-0.1, -0.05) is 6.92 Å². The van der Waals surface area contributed by atoms with Crippen molar-refractivity contribution < 1.29 is 28.4 Å². The summed E-state index contributed by atoms with van der Waals surface area (Å²) in [6, 6.07) is -0.165. The van der Waals surface area contributed by atoms with Crippen LogP contribution in [0.1, 0.15) is 6.92 Å². The number of rotatable bonds is 5. The number of carboxylic acids is 1. The maximum atomic E-state index is 13.4. The van der Waals surface area contributed by atoms with Gasteiger partial charge in [-0.05, 0) is 0 Å². The second-order valence-electron chi connectivity index (χ2n) is 4.11. The van der Waals surface area contributed by atoms with Crippen molar-refractivity contribution in [2.75, 3.05) is 11.9 Å². The van der Waals surface area contributed by atoms with Crippen LogP contribution in [0, 0.1) is 27.7 Å². The van der Waals surface area contributed by atoms with E-state index in [-0.39, 0.29) is 12.6 Å². The molecule has 1 aromatic rings. The molecule has 2 amide bonds. The molecule has 0 saturated carbocycles. The third kappa shape index (κ3) is 4.37. The predicted octanol–water partition coefficient (Wildman–Crippen LogP) is 1.72. The van der Waals surface area contributed by atoms with Gasteiger partial charge in [0, 0.05) is 18.7 Å². The van der Waals surface area contributed by atoms with Crippen molar-refractivity contribution in [1.82, 2.24) is 5.32 Å². The molecule has 1 rings (SSSR count). The van der Waals surface area contributed by atoms with Gasteiger partial charge >= 0.3 is 17.7 Å². The minimum atomic E-state index is -1.37. The fourth-order valence-corrected chi connectivity index (χ4v) is 1.27. The van der Waals surface area contributed by atoms with E-state index in [2.05, 4.69) is 5.32 Å². The van der Waals surface area contributed by atoms with Gasteiger partial charge in [0.05, 0.1) is 16.5 Å². The van der Waals surface area contributed by atoms with Crippen molar-refractivity contribution in [2.24, 2.45) is 5.92 Å². The first-order valence-electron chi connectivity index (χ1n) is 5.63. The number of benzene rings is 1. The predicted molar refractivity (Wildman–Crippen MR) is 66.8 cm³/mol. The largest absolute Gasteiger partial charge is 0.481 e. The Hall–Kier alpha value is -2.78. The zero-order valence-corrected chi connectivity index (χ0v) is 10.7. The summed E-state index contributed by atoms with van der Waals surface area (Å²) in [5.41, 5.74) is -1.59. The average Bonchev–Trinajstić information content (AvgIpc) is 2.38. The summed E-state index contributed by atoms with van der Waals surface area (Å²) in [5.74, 6) is -4.58. The summed E-state index contributed by atoms with van der Waals surface area (Å²) in [5, 5.41) is 23.2. The lowest BCUT2D eigenvalue weighted by Crippen LogP contribution is -2.34. The fraction of sp³-hybridized carbons (Fsp3) is 0.273. The van der Waals surface area contributed by atoms with E-state index < -0.39 is 45.9 Å². The van der Waals surface area contributed by atoms with Crippen LogP contribution >= 0.6 is 0 Å². The Morgan fingerprint density at radius 3 is 2.52 bits per heavy atom. The highest BCUT2D eigenvalue weighted by Crippen LogP contribution is 2.24. The Morgan fingerprint density at radius 1 is 1.38 bits per heavy atom. The van der Waals surface area contributed by atoms with Crippen LogP contribution < -0.4 is 10.6 Å². The highest BCUT2D eigenvalue weighted by molar-refractivity contribution is 5.90. The molecule has 0 aliphatic carbocycles. The molecule has 10 heteroatoms. The summed E-state index contributed by atoms with van der Waals surface area (Å²) in [6.07, 6.45) is 0. The number of nitro groups is 1. The summed E-state index contributed by atoms with van der Waals surface area (Å²) >= 11 is 0. The number of carbonyl (C=O) groups is 2. The molecule has 0 saturated heterocycles. The van der Waals surface area contributed by atoms with Crippen LogP contribution in [0.4, 0.5) is 25.0 Å². The van der Waals surface area contributed by atoms with E-state index in [0.717, 1.165) is 0 Å². The van der Waals surface area contributed by atoms with Crippen molar-refractivity contribution >= 4 is 23.4 Å². The van der Waals surface area contributed by atoms with Crippen LogP contribution in [-0.2, 0) is 4.79 Å². The molecule has 1 unspecified atom stereocenters. The molecule has 0 heterocycles. The maximum Gasteiger partial charge on any atom is 0.319 e. The lowest BCUT2D eigenvalue weighted by molar-refractivity contribution is -0.387. The molecule has 0 spiro atoms. The van der Waals surface area contributed by atoms with Gasteiger partial charge in [0.25, 0.3) is 0 Å². The molecule has 114 valence electrons. The first kappa shape index (κ1) is 16.3. The summed E-state index contributed by atoms with van der Waals surface area (Å²) in [7, 11) is 0. The van der Waals surface area contributed by atoms with Crippen LogP contribution in [0.25, 0.3) is 0 Å². The van der Waals surface area contributed by atoms with Crippen molar-refractivity contribution in [3.05, 3.63) is 33.9 Å². The first-order chi connectivity index (χ1) is 9.72. The van der Waals surface area contributed by atoms with Crippen LogP contribution in [0.15, 0.2) is 12.1 Å². The number of anilines is 1. The highest BCUT2D eigenvalue weighted by atomic mass is 19.1. The molecule has 0 radical (unpaired) electrons. The zero-order valence-electron chi connectivity index (χ0n) is 10.7. The number of aliphatic carboxylic acids is 1. The Balaban J connectivity index is 2.78. The molecule has 0 bridgehead atoms. The first-order valence-corrected chi connectivity index (χ1v) is 5.63. The molecule has 0 aromatic heterocycles. The molecular weight excluding hydrogens is 292 g/mol. The van der Waals surface area contributed by atoms with E-state index >= 15 is 0 Å². The van der Waals surface area contributed by atoms with E-state index in [9.17, 15) is 28.5 Å². The van der Waals surface area contributed by atoms with Crippen LogP contribution in [0.2, 0.25) is 0 Å². The van der Waals surface area contributed by atoms with E-state index in [1.165, 1.54) is 6.92 Å². The molecule has 1 aromatic carbocycles. The van der Waals surface area contributed by atoms with Gasteiger partial charge in [-0.3, -0.25) is 14.9 Å². The number of halogens is 2. The van der Waals surface area contributed by atoms with Gasteiger partial charge in [-0.2, -0.15) is 4.39 Å². The lowest BCUT2D eigenvalue weighted by atomic mass is 10.2. The summed E-state index contributed by atoms with van der Waals surface area (Å²) in [4.78, 5) is 31.4. The van der Waals surface area contributed by atoms with Gasteiger partial charge in [0.1, 0.15) is 5.82 Å². The number of amides is 2. The number of nitro benzene ring substituents is 1. The van der Waals surface area contributed by atoms with E-state index in [0.29, 0.717) is 6.07 Å². The molecule has 8 nitrogen and oxygen atoms in total. The third-order valence-electron chi connectivity index (χ3n) is 2.47. The number of nitrogens with one attached hydrogen (secondary N) is 2. The second-order valence-corrected chi connectivity index (χ2v) is 4.11. The van der Waals surface area contributed by atoms with Crippen LogP contribution in [0.5, 0.6) is 0 Å². The molecule has 1 atom stereocenters. The van der Waals surface area contributed by atoms with Gasteiger partial charge in [-0.15, -0.1) is 0 Å². The number of carbonyl (C=O) groups excluding carboxylic acids is 1. The summed E-state index contributed by atoms with van der Waals surface area (Å²) < 4.78 is 26.5. The number of hydrogen-bond acceptors (Lipinski definition) is 4. The van der Waals surface area contributed by atoms with E-state index in [4.69, 9.17) is 5.11 Å². The standard InChI is InChI=1S/C11H11F2N3O5/c1-5(10(17)18)4-14-11(19)15-8-3-9(16(20)21)7(13)2-6(8)12/h2-3,5H,4H2,1H3,(H,17,18)(H2,14,15,19). The van der Waals surface area contributed by atoms with Gasteiger partial charge in [0.2, 0.25) is 5.82 Å². The molecular formula is C11H11F2N3O5. The Labute approximate surface area is 116 Å². The molecule has 0 aliphatic rings. The van der Waals surface area contributed by atoms with E-state index in [1.54, 1.807) is 0 Å². The molecule has 0 fully saturated rings. The van der Waals surface area contributed by atoms with Crippen molar-refractivity contribution in [2.45, 2.75) is 6.92 Å². The second kappa shape index (κ2) is 6.59. The SMILES string of the molecule is CC(CNC(=O)Nc1cc([N+](=O)[O-])c(F)cc1F)C(=O)O. The van der Waals surface area contributed by atoms with Crippen LogP contribution in [0.3, 0.4) is 0 Å². The molecule has 0 aliphatic heterocycles. The monoisotopic (exact) mass is 303 g/mol. The number of nitrogens with zero attached hydrogens (tertiary/aromatic N) is 1. The zero-order chi connectivity index (χ0) is 16.2. The number of hydrogen-bond donors (Lipinski definition) is 3. The number of urea groups is 1. The maximum absolute atomic E-state index is 13.4. The summed E-state index contributed by atoms with van der Waals surface area (Å²) in [6.45, 7) is 1.11. The quantitative estimate of drug-likeness (QED) is 0.564. The number of carboxylic acid groups (broad SMARTS) is 1. The Kier molecular flexibility index (Phi) is 5.11. The Bertz CT molecular complexity index is 593. The van der Waals surface area contributed by atoms with Crippen molar-refractivity contribution in [3.63, 3.8) is 0 Å². The fourth-order valence-electron chi connectivity index (χ4n) is 1.27. The topological polar surface area (TPSA) is 122 Å². The normalized spacial score (nSPS) is 11.6. The highest BCUT2D eigenvalue weighted by Gasteiger charge is 2.20. The lowest BCUT2D eigenvalue weighted by Gasteiger charge is -2.10. The van der Waals surface area contributed by atoms with Crippen molar-refractivity contribution in [3.8, 4) is 0 Å². The average molecular weight is 303 g/mol. The minimum absolute atomic E-state index is 0.230. The Morgan fingerprint density at radius 2 is 2.00 bits per heavy atom. The van der Waals surface area contributed by atoms with Crippen molar-refractivity contribution in [1.29, 1.82) is 0 Å². The molecule has 21 heavy (non-hydrogen) atoms. The third-order valence-corrected chi connectivity index (χ3v) is 2.47. The van der Waals surface area contributed by atoms with Gasteiger partial charge < -0.3 is 15.7 Å². The van der Waals surface area contributed by atoms with E-state index in [1.807, 2.05) is 5.32 Å².